The Labute approximate surface area is 247 Å². The molecule has 3 fully saturated rings. The molecular weight excluding hydrogens is 550 g/mol. The van der Waals surface area contributed by atoms with Crippen molar-refractivity contribution in [3.8, 4) is 5.75 Å². The second-order valence-corrected chi connectivity index (χ2v) is 11.6. The van der Waals surface area contributed by atoms with Gasteiger partial charge in [0.1, 0.15) is 29.9 Å². The van der Waals surface area contributed by atoms with Crippen LogP contribution in [0.25, 0.3) is 5.65 Å². The van der Waals surface area contributed by atoms with Crippen molar-refractivity contribution in [2.24, 2.45) is 5.92 Å². The fourth-order valence-electron chi connectivity index (χ4n) is 5.44. The first kappa shape index (κ1) is 26.9. The number of pyridine rings is 1. The minimum absolute atomic E-state index is 0.0104. The number of carbonyl (C=O) groups excluding carboxylic acids is 3. The van der Waals surface area contributed by atoms with Crippen molar-refractivity contribution in [2.75, 3.05) is 23.8 Å². The summed E-state index contributed by atoms with van der Waals surface area (Å²) in [7, 11) is 1.49. The summed E-state index contributed by atoms with van der Waals surface area (Å²) in [6.07, 6.45) is 8.00. The second kappa shape index (κ2) is 10.1. The van der Waals surface area contributed by atoms with Crippen LogP contribution in [0.15, 0.2) is 36.8 Å². The summed E-state index contributed by atoms with van der Waals surface area (Å²) < 4.78 is 8.19. The van der Waals surface area contributed by atoms with Crippen LogP contribution in [0.5, 0.6) is 5.75 Å². The van der Waals surface area contributed by atoms with Gasteiger partial charge in [-0.2, -0.15) is 0 Å². The fraction of sp³-hybridized carbons (Fsp3) is 0.400. The number of hydrogen-bond donors (Lipinski definition) is 1. The highest BCUT2D eigenvalue weighted by Gasteiger charge is 2.46. The van der Waals surface area contributed by atoms with E-state index in [0.717, 1.165) is 29.0 Å². The molecule has 5 heterocycles. The van der Waals surface area contributed by atoms with E-state index in [1.54, 1.807) is 19.2 Å². The van der Waals surface area contributed by atoms with Crippen molar-refractivity contribution in [1.29, 1.82) is 0 Å². The molecule has 1 aliphatic heterocycles. The number of aromatic nitrogens is 6. The lowest BCUT2D eigenvalue weighted by atomic mass is 10.1. The van der Waals surface area contributed by atoms with Crippen LogP contribution in [0.4, 0.5) is 16.3 Å². The fourth-order valence-corrected chi connectivity index (χ4v) is 5.44. The highest BCUT2D eigenvalue weighted by molar-refractivity contribution is 6.13. The number of imidazole rings is 1. The molecule has 13 heteroatoms. The molecule has 0 bridgehead atoms. The summed E-state index contributed by atoms with van der Waals surface area (Å²) in [6, 6.07) is 5.10. The first-order valence-corrected chi connectivity index (χ1v) is 14.4. The van der Waals surface area contributed by atoms with Crippen LogP contribution in [0, 0.1) is 19.8 Å². The Balaban J connectivity index is 1.10. The number of nitrogens with one attached hydrogen (secondary N) is 1. The number of amides is 4. The van der Waals surface area contributed by atoms with E-state index >= 15 is 0 Å². The Morgan fingerprint density at radius 2 is 1.93 bits per heavy atom. The van der Waals surface area contributed by atoms with E-state index in [1.807, 2.05) is 42.8 Å². The SMILES string of the molecule is Cc1ccnc([C@H]2C[C@@H]2C(=O)Nc2cc(OC(C)c3cn4cc(C5CC5)cc(N5CC(=O)N(C)C5=O)c4n3)c(C)nn2)n1. The largest absolute Gasteiger partial charge is 0.482 e. The Morgan fingerprint density at radius 1 is 1.12 bits per heavy atom. The Bertz CT molecular complexity index is 1800. The lowest BCUT2D eigenvalue weighted by Crippen LogP contribution is -2.30. The van der Waals surface area contributed by atoms with Crippen LogP contribution >= 0.6 is 0 Å². The minimum atomic E-state index is -0.492. The predicted octanol–water partition coefficient (Wildman–Crippen LogP) is 3.69. The van der Waals surface area contributed by atoms with Gasteiger partial charge in [0.25, 0.3) is 0 Å². The van der Waals surface area contributed by atoms with E-state index in [1.165, 1.54) is 11.9 Å². The molecule has 0 aromatic carbocycles. The van der Waals surface area contributed by atoms with Crippen molar-refractivity contribution in [3.63, 3.8) is 0 Å². The molecule has 13 nitrogen and oxygen atoms in total. The number of ether oxygens (including phenoxy) is 1. The number of carbonyl (C=O) groups is 3. The number of rotatable bonds is 8. The van der Waals surface area contributed by atoms with Gasteiger partial charge in [0, 0.05) is 49.2 Å². The topological polar surface area (TPSA) is 148 Å². The number of nitrogens with zero attached hydrogens (tertiary/aromatic N) is 8. The quantitative estimate of drug-likeness (QED) is 0.308. The average molecular weight is 582 g/mol. The lowest BCUT2D eigenvalue weighted by molar-refractivity contribution is -0.124. The Morgan fingerprint density at radius 3 is 2.65 bits per heavy atom. The zero-order valence-corrected chi connectivity index (χ0v) is 24.3. The maximum absolute atomic E-state index is 12.9. The second-order valence-electron chi connectivity index (χ2n) is 11.6. The van der Waals surface area contributed by atoms with Crippen molar-refractivity contribution in [3.05, 3.63) is 65.3 Å². The third-order valence-corrected chi connectivity index (χ3v) is 8.27. The van der Waals surface area contributed by atoms with E-state index in [2.05, 4.69) is 25.5 Å². The molecule has 7 rings (SSSR count). The number of likely N-dealkylation sites (N-methyl/N-ethyl adjacent to an activating group) is 1. The lowest BCUT2D eigenvalue weighted by Gasteiger charge is -2.17. The van der Waals surface area contributed by atoms with E-state index in [-0.39, 0.29) is 36.2 Å². The minimum Gasteiger partial charge on any atom is -0.482 e. The molecule has 220 valence electrons. The molecular formula is C30H31N9O4. The molecule has 4 amide bonds. The van der Waals surface area contributed by atoms with Gasteiger partial charge in [0.05, 0.1) is 11.4 Å². The summed E-state index contributed by atoms with van der Waals surface area (Å²) in [5.41, 5.74) is 4.35. The molecule has 0 spiro atoms. The Hall–Kier alpha value is -4.94. The number of imide groups is 1. The van der Waals surface area contributed by atoms with Crippen molar-refractivity contribution >= 4 is 35.0 Å². The highest BCUT2D eigenvalue weighted by Crippen LogP contribution is 2.46. The van der Waals surface area contributed by atoms with Crippen molar-refractivity contribution in [1.82, 2.24) is 34.4 Å². The zero-order valence-electron chi connectivity index (χ0n) is 24.3. The van der Waals surface area contributed by atoms with Crippen molar-refractivity contribution in [2.45, 2.75) is 58.0 Å². The molecule has 4 aromatic heterocycles. The predicted molar refractivity (Wildman–Crippen MR) is 155 cm³/mol. The first-order chi connectivity index (χ1) is 20.7. The van der Waals surface area contributed by atoms with Gasteiger partial charge in [0.2, 0.25) is 11.8 Å². The van der Waals surface area contributed by atoms with Crippen LogP contribution in [-0.2, 0) is 9.59 Å². The van der Waals surface area contributed by atoms with Gasteiger partial charge in [-0.3, -0.25) is 19.4 Å². The monoisotopic (exact) mass is 581 g/mol. The van der Waals surface area contributed by atoms with Gasteiger partial charge in [0.15, 0.2) is 11.5 Å². The van der Waals surface area contributed by atoms with Gasteiger partial charge in [-0.1, -0.05) is 0 Å². The molecule has 1 saturated heterocycles. The van der Waals surface area contributed by atoms with Crippen LogP contribution in [0.1, 0.15) is 72.6 Å². The number of urea groups is 1. The molecule has 1 unspecified atom stereocenters. The molecule has 0 radical (unpaired) electrons. The molecule has 3 aliphatic rings. The number of hydrogen-bond acceptors (Lipinski definition) is 9. The maximum atomic E-state index is 12.9. The molecule has 43 heavy (non-hydrogen) atoms. The number of fused-ring (bicyclic) bond motifs is 1. The normalized spacial score (nSPS) is 20.6. The molecule has 3 atom stereocenters. The van der Waals surface area contributed by atoms with Crippen molar-refractivity contribution < 1.29 is 19.1 Å². The van der Waals surface area contributed by atoms with Gasteiger partial charge >= 0.3 is 6.03 Å². The summed E-state index contributed by atoms with van der Waals surface area (Å²) in [5.74, 6) is 1.22. The van der Waals surface area contributed by atoms with Crippen LogP contribution in [-0.4, -0.2) is 65.9 Å². The summed E-state index contributed by atoms with van der Waals surface area (Å²) in [6.45, 7) is 5.53. The Kier molecular flexibility index (Phi) is 6.33. The van der Waals surface area contributed by atoms with Gasteiger partial charge in [-0.15, -0.1) is 10.2 Å². The third kappa shape index (κ3) is 5.04. The van der Waals surface area contributed by atoms with E-state index < -0.39 is 6.10 Å². The van der Waals surface area contributed by atoms with E-state index in [9.17, 15) is 14.4 Å². The van der Waals surface area contributed by atoms with E-state index in [0.29, 0.717) is 52.5 Å². The van der Waals surface area contributed by atoms with Gasteiger partial charge < -0.3 is 14.5 Å². The molecule has 4 aromatic rings. The third-order valence-electron chi connectivity index (χ3n) is 8.27. The zero-order chi connectivity index (χ0) is 30.0. The summed E-state index contributed by atoms with van der Waals surface area (Å²) in [4.78, 5) is 54.3. The van der Waals surface area contributed by atoms with Gasteiger partial charge in [-0.05, 0) is 63.6 Å². The number of anilines is 2. The van der Waals surface area contributed by atoms with Crippen LogP contribution in [0.2, 0.25) is 0 Å². The average Bonchev–Trinajstić information content (AvgIpc) is 3.91. The molecule has 1 N–H and O–H groups in total. The summed E-state index contributed by atoms with van der Waals surface area (Å²) >= 11 is 0. The highest BCUT2D eigenvalue weighted by atomic mass is 16.5. The summed E-state index contributed by atoms with van der Waals surface area (Å²) in [5, 5.41) is 11.2. The van der Waals surface area contributed by atoms with Crippen LogP contribution < -0.4 is 15.0 Å². The standard InChI is InChI=1S/C30H31N9O4/c1-15-7-8-31-27(32-15)20-10-21(20)29(41)34-25-11-24(16(2)35-36-25)43-17(3)22-13-38-12-19(18-5-6-18)9-23(28(38)33-22)39-14-26(40)37(4)30(39)42/h7-9,11-13,17-18,20-21H,5-6,10,14H2,1-4H3,(H,34,36,41)/t17?,20-,21-/m0/s1. The maximum Gasteiger partial charge on any atom is 0.331 e. The smallest absolute Gasteiger partial charge is 0.331 e. The van der Waals surface area contributed by atoms with E-state index in [4.69, 9.17) is 9.72 Å². The first-order valence-electron chi connectivity index (χ1n) is 14.4. The van der Waals surface area contributed by atoms with Crippen LogP contribution in [0.3, 0.4) is 0 Å². The molecule has 2 aliphatic carbocycles. The number of aryl methyl sites for hydroxylation is 2. The molecule has 2 saturated carbocycles. The van der Waals surface area contributed by atoms with Gasteiger partial charge in [-0.25, -0.2) is 19.7 Å².